The van der Waals surface area contributed by atoms with E-state index < -0.39 is 0 Å². The highest BCUT2D eigenvalue weighted by molar-refractivity contribution is 4.73. The first-order valence-corrected chi connectivity index (χ1v) is 4.94. The summed E-state index contributed by atoms with van der Waals surface area (Å²) in [5.41, 5.74) is 11.6. The fourth-order valence-electron chi connectivity index (χ4n) is 1.26. The first kappa shape index (κ1) is 11.9. The van der Waals surface area contributed by atoms with E-state index in [1.165, 1.54) is 0 Å². The Bertz CT molecular complexity index is 110. The molecular formula is C10H24N2. The predicted molar refractivity (Wildman–Crippen MR) is 54.8 cm³/mol. The van der Waals surface area contributed by atoms with Gasteiger partial charge in [-0.15, -0.1) is 0 Å². The second-order valence-corrected chi connectivity index (χ2v) is 4.38. The summed E-state index contributed by atoms with van der Waals surface area (Å²) in [6.07, 6.45) is 1.06. The quantitative estimate of drug-likeness (QED) is 0.661. The van der Waals surface area contributed by atoms with Crippen molar-refractivity contribution in [1.29, 1.82) is 0 Å². The molecular weight excluding hydrogens is 148 g/mol. The zero-order valence-corrected chi connectivity index (χ0v) is 8.88. The van der Waals surface area contributed by atoms with Gasteiger partial charge in [0.15, 0.2) is 0 Å². The van der Waals surface area contributed by atoms with E-state index in [-0.39, 0.29) is 0 Å². The fraction of sp³-hybridized carbons (Fsp3) is 1.00. The molecule has 0 fully saturated rings. The van der Waals surface area contributed by atoms with Gasteiger partial charge in [0.1, 0.15) is 0 Å². The van der Waals surface area contributed by atoms with Gasteiger partial charge in [0.25, 0.3) is 0 Å². The summed E-state index contributed by atoms with van der Waals surface area (Å²) in [5, 5.41) is 0. The van der Waals surface area contributed by atoms with Gasteiger partial charge in [-0.25, -0.2) is 0 Å². The van der Waals surface area contributed by atoms with Crippen molar-refractivity contribution in [2.75, 3.05) is 6.54 Å². The van der Waals surface area contributed by atoms with Crippen LogP contribution in [-0.4, -0.2) is 12.6 Å². The van der Waals surface area contributed by atoms with Gasteiger partial charge >= 0.3 is 0 Å². The minimum atomic E-state index is 0.306. The van der Waals surface area contributed by atoms with Crippen LogP contribution < -0.4 is 11.5 Å². The summed E-state index contributed by atoms with van der Waals surface area (Å²) in [4.78, 5) is 0. The summed E-state index contributed by atoms with van der Waals surface area (Å²) in [6.45, 7) is 9.52. The zero-order chi connectivity index (χ0) is 9.72. The van der Waals surface area contributed by atoms with Gasteiger partial charge in [-0.3, -0.25) is 0 Å². The molecule has 12 heavy (non-hydrogen) atoms. The first-order chi connectivity index (χ1) is 5.49. The third-order valence-corrected chi connectivity index (χ3v) is 2.68. The van der Waals surface area contributed by atoms with Crippen molar-refractivity contribution in [2.45, 2.75) is 40.2 Å². The molecule has 0 spiro atoms. The van der Waals surface area contributed by atoms with E-state index in [0.717, 1.165) is 13.0 Å². The molecule has 2 nitrogen and oxygen atoms in total. The Hall–Kier alpha value is -0.0800. The molecule has 0 aromatic heterocycles. The lowest BCUT2D eigenvalue weighted by Gasteiger charge is -2.24. The maximum atomic E-state index is 5.98. The van der Waals surface area contributed by atoms with Crippen LogP contribution in [0, 0.1) is 17.8 Å². The molecule has 0 saturated heterocycles. The zero-order valence-electron chi connectivity index (χ0n) is 8.88. The van der Waals surface area contributed by atoms with Gasteiger partial charge in [-0.1, -0.05) is 27.7 Å². The molecule has 0 amide bonds. The van der Waals surface area contributed by atoms with Crippen molar-refractivity contribution < 1.29 is 0 Å². The van der Waals surface area contributed by atoms with Crippen LogP contribution >= 0.6 is 0 Å². The molecule has 2 heteroatoms. The van der Waals surface area contributed by atoms with Gasteiger partial charge in [-0.2, -0.15) is 0 Å². The first-order valence-electron chi connectivity index (χ1n) is 4.94. The fourth-order valence-corrected chi connectivity index (χ4v) is 1.26. The Morgan fingerprint density at radius 3 is 1.75 bits per heavy atom. The van der Waals surface area contributed by atoms with E-state index in [0.29, 0.717) is 23.8 Å². The molecule has 4 N–H and O–H groups in total. The lowest BCUT2D eigenvalue weighted by Crippen LogP contribution is -2.33. The number of hydrogen-bond acceptors (Lipinski definition) is 2. The highest BCUT2D eigenvalue weighted by Crippen LogP contribution is 2.17. The summed E-state index contributed by atoms with van der Waals surface area (Å²) >= 11 is 0. The van der Waals surface area contributed by atoms with Gasteiger partial charge in [0, 0.05) is 6.04 Å². The Kier molecular flexibility index (Phi) is 5.51. The van der Waals surface area contributed by atoms with Crippen molar-refractivity contribution in [3.63, 3.8) is 0 Å². The largest absolute Gasteiger partial charge is 0.330 e. The van der Waals surface area contributed by atoms with E-state index >= 15 is 0 Å². The van der Waals surface area contributed by atoms with Crippen molar-refractivity contribution in [3.8, 4) is 0 Å². The monoisotopic (exact) mass is 172 g/mol. The average Bonchev–Trinajstić information content (AvgIpc) is 1.98. The average molecular weight is 172 g/mol. The van der Waals surface area contributed by atoms with Crippen LogP contribution in [-0.2, 0) is 0 Å². The molecule has 0 rings (SSSR count). The minimum Gasteiger partial charge on any atom is -0.330 e. The number of hydrogen-bond donors (Lipinski definition) is 2. The van der Waals surface area contributed by atoms with Crippen LogP contribution in [0.25, 0.3) is 0 Å². The Morgan fingerprint density at radius 1 is 1.00 bits per heavy atom. The lowest BCUT2D eigenvalue weighted by molar-refractivity contribution is 0.309. The smallest absolute Gasteiger partial charge is 0.00651 e. The van der Waals surface area contributed by atoms with Crippen molar-refractivity contribution >= 4 is 0 Å². The molecule has 0 aromatic carbocycles. The highest BCUT2D eigenvalue weighted by Gasteiger charge is 2.17. The molecule has 0 aliphatic heterocycles. The standard InChI is InChI=1S/C10H24N2/c1-7(2)9(6-11)5-10(12)8(3)4/h7-10H,5-6,11-12H2,1-4H3. The summed E-state index contributed by atoms with van der Waals surface area (Å²) in [5.74, 6) is 1.81. The molecule has 0 saturated carbocycles. The second-order valence-electron chi connectivity index (χ2n) is 4.38. The van der Waals surface area contributed by atoms with Crippen LogP contribution in [0.4, 0.5) is 0 Å². The Morgan fingerprint density at radius 2 is 1.50 bits per heavy atom. The normalized spacial score (nSPS) is 17.0. The maximum absolute atomic E-state index is 5.98. The highest BCUT2D eigenvalue weighted by atomic mass is 14.7. The summed E-state index contributed by atoms with van der Waals surface area (Å²) in [7, 11) is 0. The maximum Gasteiger partial charge on any atom is 0.00651 e. The van der Waals surface area contributed by atoms with Crippen LogP contribution in [0.15, 0.2) is 0 Å². The molecule has 0 aliphatic carbocycles. The Balaban J connectivity index is 3.85. The van der Waals surface area contributed by atoms with Crippen molar-refractivity contribution in [3.05, 3.63) is 0 Å². The number of nitrogens with two attached hydrogens (primary N) is 2. The van der Waals surface area contributed by atoms with E-state index in [4.69, 9.17) is 11.5 Å². The van der Waals surface area contributed by atoms with Crippen molar-refractivity contribution in [1.82, 2.24) is 0 Å². The molecule has 74 valence electrons. The SMILES string of the molecule is CC(C)C(N)CC(CN)C(C)C. The van der Waals surface area contributed by atoms with Crippen LogP contribution in [0.1, 0.15) is 34.1 Å². The molecule has 0 aromatic rings. The van der Waals surface area contributed by atoms with E-state index in [9.17, 15) is 0 Å². The van der Waals surface area contributed by atoms with E-state index in [2.05, 4.69) is 27.7 Å². The van der Waals surface area contributed by atoms with Crippen LogP contribution in [0.2, 0.25) is 0 Å². The van der Waals surface area contributed by atoms with Gasteiger partial charge < -0.3 is 11.5 Å². The Labute approximate surface area is 76.7 Å². The molecule has 0 radical (unpaired) electrons. The van der Waals surface area contributed by atoms with Crippen molar-refractivity contribution in [2.24, 2.45) is 29.2 Å². The molecule has 0 bridgehead atoms. The lowest BCUT2D eigenvalue weighted by atomic mass is 9.86. The van der Waals surface area contributed by atoms with Crippen LogP contribution in [0.3, 0.4) is 0 Å². The van der Waals surface area contributed by atoms with E-state index in [1.54, 1.807) is 0 Å². The third kappa shape index (κ3) is 4.07. The second kappa shape index (κ2) is 5.55. The molecule has 0 heterocycles. The van der Waals surface area contributed by atoms with Gasteiger partial charge in [-0.05, 0) is 30.7 Å². The molecule has 0 aliphatic rings. The van der Waals surface area contributed by atoms with E-state index in [1.807, 2.05) is 0 Å². The van der Waals surface area contributed by atoms with Gasteiger partial charge in [0.05, 0.1) is 0 Å². The van der Waals surface area contributed by atoms with Crippen LogP contribution in [0.5, 0.6) is 0 Å². The summed E-state index contributed by atoms with van der Waals surface area (Å²) < 4.78 is 0. The number of rotatable bonds is 5. The van der Waals surface area contributed by atoms with Gasteiger partial charge in [0.2, 0.25) is 0 Å². The summed E-state index contributed by atoms with van der Waals surface area (Å²) in [6, 6.07) is 0.306. The third-order valence-electron chi connectivity index (χ3n) is 2.68. The molecule has 2 atom stereocenters. The minimum absolute atomic E-state index is 0.306. The predicted octanol–water partition coefficient (Wildman–Crippen LogP) is 1.59. The molecule has 2 unspecified atom stereocenters. The topological polar surface area (TPSA) is 52.0 Å².